The lowest BCUT2D eigenvalue weighted by Crippen LogP contribution is -2.70. The Labute approximate surface area is 431 Å². The number of non-ortho nitro benzene ring substituents is 1. The number of unbranched alkanes of at least 4 members (excludes halogenated alkanes) is 10. The summed E-state index contributed by atoms with van der Waals surface area (Å²) in [6.07, 6.45) is 21.0. The Morgan fingerprint density at radius 3 is 2.25 bits per heavy atom. The molecule has 1 aliphatic heterocycles. The Kier molecular flexibility index (Phi) is 23.4. The molecule has 14 nitrogen and oxygen atoms in total. The number of allylic oxidation sites excluding steroid dienone is 1. The van der Waals surface area contributed by atoms with Crippen LogP contribution in [0.5, 0.6) is 17.2 Å². The van der Waals surface area contributed by atoms with E-state index in [1.54, 1.807) is 30.0 Å². The highest BCUT2D eigenvalue weighted by Crippen LogP contribution is 2.62. The summed E-state index contributed by atoms with van der Waals surface area (Å²) in [5.41, 5.74) is 3.15. The maximum absolute atomic E-state index is 15.1. The minimum absolute atomic E-state index is 0.00880. The zero-order valence-corrected chi connectivity index (χ0v) is 43.5. The number of carbonyl (C=O) groups is 1. The van der Waals surface area contributed by atoms with Crippen LogP contribution in [0.1, 0.15) is 133 Å². The number of nitrogens with zero attached hydrogens (tertiary/aromatic N) is 3. The molecule has 6 rings (SSSR count). The number of carbonyl (C=O) groups excluding carboxylic acids is 1. The summed E-state index contributed by atoms with van der Waals surface area (Å²) < 4.78 is 27.1. The third-order valence-electron chi connectivity index (χ3n) is 14.4. The van der Waals surface area contributed by atoms with Crippen molar-refractivity contribution < 1.29 is 48.8 Å². The zero-order valence-electron chi connectivity index (χ0n) is 42.6. The van der Waals surface area contributed by atoms with Crippen LogP contribution >= 0.6 is 11.8 Å². The number of nitro groups is 1. The second-order valence-corrected chi connectivity index (χ2v) is 20.1. The number of oxime groups is 1. The smallest absolute Gasteiger partial charge is 0.269 e. The van der Waals surface area contributed by atoms with E-state index in [9.17, 15) is 25.4 Å². The van der Waals surface area contributed by atoms with Gasteiger partial charge >= 0.3 is 0 Å². The number of aliphatic hydroxyl groups excluding tert-OH is 3. The van der Waals surface area contributed by atoms with Crippen molar-refractivity contribution in [3.05, 3.63) is 112 Å². The first-order valence-corrected chi connectivity index (χ1v) is 27.7. The van der Waals surface area contributed by atoms with Gasteiger partial charge in [-0.25, -0.2) is 0 Å². The molecule has 0 unspecified atom stereocenters. The van der Waals surface area contributed by atoms with Crippen molar-refractivity contribution in [1.29, 1.82) is 0 Å². The van der Waals surface area contributed by atoms with Crippen molar-refractivity contribution in [2.75, 3.05) is 52.4 Å². The molecule has 0 saturated heterocycles. The quantitative estimate of drug-likeness (QED) is 0.0169. The molecule has 0 spiro atoms. The first kappa shape index (κ1) is 56.5. The number of ether oxygens (including phenoxy) is 4. The molecule has 1 heterocycles. The Morgan fingerprint density at radius 1 is 0.889 bits per heavy atom. The normalized spacial score (nSPS) is 21.5. The number of hydrogen-bond acceptors (Lipinski definition) is 13. The van der Waals surface area contributed by atoms with Crippen molar-refractivity contribution in [2.45, 2.75) is 145 Å². The molecule has 1 fully saturated rings. The number of hydrogen-bond donors (Lipinski definition) is 3. The van der Waals surface area contributed by atoms with E-state index in [4.69, 9.17) is 28.9 Å². The van der Waals surface area contributed by atoms with Crippen molar-refractivity contribution in [1.82, 2.24) is 4.90 Å². The molecule has 394 valence electrons. The highest BCUT2D eigenvalue weighted by Gasteiger charge is 2.65. The lowest BCUT2D eigenvalue weighted by atomic mass is 9.55. The fourth-order valence-electron chi connectivity index (χ4n) is 10.9. The first-order chi connectivity index (χ1) is 35.2. The van der Waals surface area contributed by atoms with Crippen molar-refractivity contribution in [3.63, 3.8) is 0 Å². The second-order valence-electron chi connectivity index (χ2n) is 19.2. The van der Waals surface area contributed by atoms with Gasteiger partial charge in [-0.2, -0.15) is 0 Å². The molecule has 1 saturated carbocycles. The molecule has 1 amide bonds. The number of aliphatic hydroxyl groups is 3. The summed E-state index contributed by atoms with van der Waals surface area (Å²) in [6, 6.07) is 19.4. The number of fused-ring (bicyclic) bond motifs is 2. The van der Waals surface area contributed by atoms with Crippen molar-refractivity contribution in [3.8, 4) is 17.2 Å². The van der Waals surface area contributed by atoms with Gasteiger partial charge in [-0.15, -0.1) is 18.3 Å². The maximum atomic E-state index is 15.1. The number of rotatable bonds is 34. The molecule has 0 aromatic heterocycles. The topological polar surface area (TPSA) is 183 Å². The fourth-order valence-corrected chi connectivity index (χ4v) is 11.3. The summed E-state index contributed by atoms with van der Waals surface area (Å²) in [6.45, 7) is 6.94. The van der Waals surface area contributed by atoms with Crippen LogP contribution in [0.3, 0.4) is 0 Å². The molecule has 3 aromatic rings. The third-order valence-corrected chi connectivity index (χ3v) is 15.1. The molecule has 0 radical (unpaired) electrons. The van der Waals surface area contributed by atoms with Gasteiger partial charge in [0.1, 0.15) is 29.9 Å². The molecule has 72 heavy (non-hydrogen) atoms. The van der Waals surface area contributed by atoms with Gasteiger partial charge in [0, 0.05) is 61.1 Å². The molecule has 3 N–H and O–H groups in total. The summed E-state index contributed by atoms with van der Waals surface area (Å²) in [4.78, 5) is 35.3. The van der Waals surface area contributed by atoms with E-state index in [-0.39, 0.29) is 88.6 Å². The number of nitro benzene ring substituents is 1. The van der Waals surface area contributed by atoms with E-state index in [0.717, 1.165) is 67.4 Å². The highest BCUT2D eigenvalue weighted by molar-refractivity contribution is 7.98. The fraction of sp³-hybridized carbons (Fsp3) is 0.579. The maximum Gasteiger partial charge on any atom is 0.269 e. The number of amides is 1. The SMILES string of the molecule is C=CCO[C@@]12Oc3ccc(Oc4ccc(SC)cc4)cc3[C@H]3[C@H](CCCCO)[C@@H](CCCCO)C=C(C(=NOCc4ccc([N+](=O)[O-])cc4)C[C@@H]1N(CCOCCO)C(=O)CCCCCCCCCCC)[C@H]32. The summed E-state index contributed by atoms with van der Waals surface area (Å²) in [5.74, 6) is -0.326. The number of benzene rings is 3. The van der Waals surface area contributed by atoms with Gasteiger partial charge in [-0.1, -0.05) is 88.4 Å². The second kappa shape index (κ2) is 29.8. The monoisotopic (exact) mass is 1010 g/mol. The Balaban J connectivity index is 1.49. The molecule has 15 heteroatoms. The van der Waals surface area contributed by atoms with Gasteiger partial charge in [-0.3, -0.25) is 14.9 Å². The number of thioether (sulfide) groups is 1. The lowest BCUT2D eigenvalue weighted by Gasteiger charge is -2.60. The van der Waals surface area contributed by atoms with Gasteiger partial charge in [0.15, 0.2) is 0 Å². The van der Waals surface area contributed by atoms with Crippen LogP contribution in [0.15, 0.2) is 101 Å². The molecule has 3 aromatic carbocycles. The molecule has 3 aliphatic rings. The summed E-state index contributed by atoms with van der Waals surface area (Å²) in [7, 11) is 0. The van der Waals surface area contributed by atoms with Crippen LogP contribution in [0.2, 0.25) is 0 Å². The average molecular weight is 1010 g/mol. The van der Waals surface area contributed by atoms with E-state index in [1.165, 1.54) is 44.2 Å². The van der Waals surface area contributed by atoms with Crippen LogP contribution in [-0.2, 0) is 25.7 Å². The highest BCUT2D eigenvalue weighted by atomic mass is 32.2. The lowest BCUT2D eigenvalue weighted by molar-refractivity contribution is -0.384. The van der Waals surface area contributed by atoms with Crippen LogP contribution in [0.25, 0.3) is 0 Å². The van der Waals surface area contributed by atoms with Gasteiger partial charge in [0.2, 0.25) is 11.7 Å². The predicted molar refractivity (Wildman–Crippen MR) is 283 cm³/mol. The standard InChI is InChI=1S/C57H79N3O11S/c1-4-6-7-8-9-10-11-12-13-20-54(64)59(31-36-67-37-34-63)53-40-51(58-69-41-42-21-23-44(24-22-42)60(65)66)49-38-43(18-14-16-32-61)48(19-15-17-33-62)55-50-39-46(70-45-25-28-47(72-3)29-26-45)27-30-52(50)71-57(53,56(49)55)68-35-5-2/h5,21-30,38-39,43,48,53,55-56,61-63H,2,4,6-20,31-37,40-41H2,1,3H3/t43-,48+,53-,55+,56+,57+/m0/s1. The van der Waals surface area contributed by atoms with Crippen LogP contribution in [-0.4, -0.2) is 101 Å². The van der Waals surface area contributed by atoms with Crippen molar-refractivity contribution in [2.24, 2.45) is 22.9 Å². The van der Waals surface area contributed by atoms with E-state index in [1.807, 2.05) is 47.6 Å². The van der Waals surface area contributed by atoms with Crippen LogP contribution in [0.4, 0.5) is 5.69 Å². The van der Waals surface area contributed by atoms with Crippen molar-refractivity contribution >= 4 is 29.1 Å². The molecular formula is C57H79N3O11S. The van der Waals surface area contributed by atoms with E-state index in [0.29, 0.717) is 47.8 Å². The largest absolute Gasteiger partial charge is 0.459 e. The molecule has 0 bridgehead atoms. The van der Waals surface area contributed by atoms with E-state index < -0.39 is 22.7 Å². The summed E-state index contributed by atoms with van der Waals surface area (Å²) in [5, 5.41) is 46.2. The Bertz CT molecular complexity index is 2200. The van der Waals surface area contributed by atoms with Gasteiger partial charge < -0.3 is 44.0 Å². The van der Waals surface area contributed by atoms with Gasteiger partial charge in [-0.05, 0) is 116 Å². The van der Waals surface area contributed by atoms with Gasteiger partial charge in [0.05, 0.1) is 43.0 Å². The molecule has 2 aliphatic carbocycles. The average Bonchev–Trinajstić information content (AvgIpc) is 3.39. The minimum Gasteiger partial charge on any atom is -0.459 e. The minimum atomic E-state index is -1.46. The molecule has 6 atom stereocenters. The van der Waals surface area contributed by atoms with E-state index >= 15 is 4.79 Å². The zero-order chi connectivity index (χ0) is 51.1. The predicted octanol–water partition coefficient (Wildman–Crippen LogP) is 11.7. The Hall–Kier alpha value is -4.77. The van der Waals surface area contributed by atoms with E-state index in [2.05, 4.69) is 25.6 Å². The van der Waals surface area contributed by atoms with Crippen LogP contribution < -0.4 is 9.47 Å². The van der Waals surface area contributed by atoms with Gasteiger partial charge in [0.25, 0.3) is 5.69 Å². The Morgan fingerprint density at radius 2 is 1.58 bits per heavy atom. The molecular weight excluding hydrogens is 935 g/mol. The third kappa shape index (κ3) is 15.2. The first-order valence-electron chi connectivity index (χ1n) is 26.4. The summed E-state index contributed by atoms with van der Waals surface area (Å²) >= 11 is 1.66. The van der Waals surface area contributed by atoms with Crippen LogP contribution in [0, 0.1) is 27.9 Å².